The third kappa shape index (κ3) is 1.22. The third-order valence-electron chi connectivity index (χ3n) is 1.77. The van der Waals surface area contributed by atoms with Gasteiger partial charge in [-0.2, -0.15) is 0 Å². The van der Waals surface area contributed by atoms with Crippen molar-refractivity contribution in [2.75, 3.05) is 0 Å². The van der Waals surface area contributed by atoms with Crippen LogP contribution in [0.5, 0.6) is 0 Å². The zero-order valence-corrected chi connectivity index (χ0v) is 7.49. The van der Waals surface area contributed by atoms with E-state index in [0.29, 0.717) is 5.52 Å². The van der Waals surface area contributed by atoms with Gasteiger partial charge >= 0.3 is 6.09 Å². The summed E-state index contributed by atoms with van der Waals surface area (Å²) in [5.74, 6) is -0.531. The summed E-state index contributed by atoms with van der Waals surface area (Å²) >= 11 is 5.56. The Balaban J connectivity index is 2.86. The first-order valence-electron chi connectivity index (χ1n) is 3.66. The van der Waals surface area contributed by atoms with Crippen LogP contribution in [0.25, 0.3) is 11.0 Å². The Morgan fingerprint density at radius 2 is 2.29 bits per heavy atom. The summed E-state index contributed by atoms with van der Waals surface area (Å²) in [5, 5.41) is 8.56. The summed E-state index contributed by atoms with van der Waals surface area (Å²) < 4.78 is 13.5. The molecule has 0 atom stereocenters. The third-order valence-corrected chi connectivity index (χ3v) is 2.02. The summed E-state index contributed by atoms with van der Waals surface area (Å²) in [5.41, 5.74) is 0.487. The molecule has 0 fully saturated rings. The van der Waals surface area contributed by atoms with Gasteiger partial charge in [-0.05, 0) is 23.7 Å². The largest absolute Gasteiger partial charge is 0.464 e. The summed E-state index contributed by atoms with van der Waals surface area (Å²) in [6, 6.07) is 3.64. The topological polar surface area (TPSA) is 55.1 Å². The molecule has 1 N–H and O–H groups in total. The number of carbonyl (C=O) groups is 1. The zero-order chi connectivity index (χ0) is 10.3. The first-order chi connectivity index (χ1) is 6.59. The molecule has 0 aliphatic rings. The molecule has 0 amide bonds. The van der Waals surface area contributed by atoms with Gasteiger partial charge in [-0.25, -0.2) is 18.7 Å². The maximum absolute atomic E-state index is 12.8. The minimum absolute atomic E-state index is 0.141. The van der Waals surface area contributed by atoms with Crippen LogP contribution in [0.3, 0.4) is 0 Å². The van der Waals surface area contributed by atoms with Gasteiger partial charge in [-0.1, -0.05) is 0 Å². The van der Waals surface area contributed by atoms with Gasteiger partial charge in [0.1, 0.15) is 5.82 Å². The van der Waals surface area contributed by atoms with E-state index in [1.165, 1.54) is 12.1 Å². The number of hydrogen-bond donors (Lipinski definition) is 1. The quantitative estimate of drug-likeness (QED) is 0.732. The molecule has 2 rings (SSSR count). The number of aromatic nitrogens is 2. The van der Waals surface area contributed by atoms with E-state index in [0.717, 1.165) is 10.6 Å². The minimum Gasteiger partial charge on any atom is -0.464 e. The number of carboxylic acid groups (broad SMARTS) is 1. The van der Waals surface area contributed by atoms with E-state index in [9.17, 15) is 9.18 Å². The van der Waals surface area contributed by atoms with Crippen molar-refractivity contribution < 1.29 is 14.3 Å². The van der Waals surface area contributed by atoms with E-state index in [1.807, 2.05) is 0 Å². The average Bonchev–Trinajstić information content (AvgIpc) is 2.40. The summed E-state index contributed by atoms with van der Waals surface area (Å²) in [7, 11) is 0. The molecule has 0 aliphatic heterocycles. The Kier molecular flexibility index (Phi) is 1.89. The van der Waals surface area contributed by atoms with Crippen LogP contribution in [0.15, 0.2) is 18.2 Å². The van der Waals surface area contributed by atoms with Crippen LogP contribution in [0, 0.1) is 5.82 Å². The van der Waals surface area contributed by atoms with Gasteiger partial charge in [0.25, 0.3) is 0 Å². The highest BCUT2D eigenvalue weighted by Crippen LogP contribution is 2.20. The number of rotatable bonds is 0. The highest BCUT2D eigenvalue weighted by molar-refractivity contribution is 6.30. The average molecular weight is 215 g/mol. The lowest BCUT2D eigenvalue weighted by Crippen LogP contribution is -2.07. The molecular weight excluding hydrogens is 211 g/mol. The molecule has 14 heavy (non-hydrogen) atoms. The van der Waals surface area contributed by atoms with Gasteiger partial charge in [0.05, 0.1) is 11.0 Å². The van der Waals surface area contributed by atoms with Crippen LogP contribution in [0.4, 0.5) is 9.18 Å². The smallest absolute Gasteiger partial charge is 0.418 e. The van der Waals surface area contributed by atoms with Crippen molar-refractivity contribution >= 4 is 28.7 Å². The maximum Gasteiger partial charge on any atom is 0.418 e. The van der Waals surface area contributed by atoms with Gasteiger partial charge < -0.3 is 5.11 Å². The van der Waals surface area contributed by atoms with E-state index >= 15 is 0 Å². The Morgan fingerprint density at radius 1 is 1.57 bits per heavy atom. The second-order valence-corrected chi connectivity index (χ2v) is 2.97. The molecule has 0 radical (unpaired) electrons. The maximum atomic E-state index is 12.8. The number of halogens is 2. The Morgan fingerprint density at radius 3 is 2.93 bits per heavy atom. The van der Waals surface area contributed by atoms with Gasteiger partial charge in [0.15, 0.2) is 0 Å². The van der Waals surface area contributed by atoms with Gasteiger partial charge in [-0.3, -0.25) is 0 Å². The molecule has 72 valence electrons. The standard InChI is InChI=1S/C8H4ClFN2O2/c9-7-11-5-2-1-4(10)3-6(5)12(7)8(13)14/h1-3H,(H,13,14). The van der Waals surface area contributed by atoms with Crippen molar-refractivity contribution in [3.05, 3.63) is 29.3 Å². The van der Waals surface area contributed by atoms with Crippen LogP contribution >= 0.6 is 11.6 Å². The molecule has 0 saturated carbocycles. The molecule has 1 aromatic carbocycles. The summed E-state index contributed by atoms with van der Waals surface area (Å²) in [6.45, 7) is 0. The molecule has 0 bridgehead atoms. The van der Waals surface area contributed by atoms with Gasteiger partial charge in [0.2, 0.25) is 5.28 Å². The van der Waals surface area contributed by atoms with Crippen LogP contribution in [-0.2, 0) is 0 Å². The molecule has 0 unspecified atom stereocenters. The minimum atomic E-state index is -1.29. The molecular formula is C8H4ClFN2O2. The predicted octanol–water partition coefficient (Wildman–Crippen LogP) is 2.35. The summed E-state index contributed by atoms with van der Waals surface area (Å²) in [4.78, 5) is 14.5. The molecule has 6 heteroatoms. The normalized spacial score (nSPS) is 10.7. The second kappa shape index (κ2) is 2.95. The molecule has 0 spiro atoms. The SMILES string of the molecule is O=C(O)n1c(Cl)nc2ccc(F)cc21. The lowest BCUT2D eigenvalue weighted by atomic mass is 10.3. The van der Waals surface area contributed by atoms with Crippen molar-refractivity contribution in [1.82, 2.24) is 9.55 Å². The number of imidazole rings is 1. The van der Waals surface area contributed by atoms with E-state index in [-0.39, 0.29) is 10.8 Å². The Hall–Kier alpha value is -1.62. The van der Waals surface area contributed by atoms with E-state index in [1.54, 1.807) is 0 Å². The van der Waals surface area contributed by atoms with Crippen LogP contribution in [0.2, 0.25) is 5.28 Å². The van der Waals surface area contributed by atoms with Crippen molar-refractivity contribution in [2.24, 2.45) is 0 Å². The van der Waals surface area contributed by atoms with Crippen molar-refractivity contribution in [3.8, 4) is 0 Å². The molecule has 1 aromatic heterocycles. The molecule has 0 aliphatic carbocycles. The fourth-order valence-corrected chi connectivity index (χ4v) is 1.46. The molecule has 1 heterocycles. The molecule has 2 aromatic rings. The monoisotopic (exact) mass is 214 g/mol. The number of benzene rings is 1. The number of fused-ring (bicyclic) bond motifs is 1. The van der Waals surface area contributed by atoms with E-state index < -0.39 is 11.9 Å². The first-order valence-corrected chi connectivity index (χ1v) is 4.04. The van der Waals surface area contributed by atoms with Crippen LogP contribution in [0.1, 0.15) is 0 Å². The number of nitrogens with zero attached hydrogens (tertiary/aromatic N) is 2. The fraction of sp³-hybridized carbons (Fsp3) is 0. The highest BCUT2D eigenvalue weighted by atomic mass is 35.5. The predicted molar refractivity (Wildman–Crippen MR) is 48.1 cm³/mol. The highest BCUT2D eigenvalue weighted by Gasteiger charge is 2.14. The van der Waals surface area contributed by atoms with Gasteiger partial charge in [0, 0.05) is 6.07 Å². The van der Waals surface area contributed by atoms with Crippen molar-refractivity contribution in [3.63, 3.8) is 0 Å². The zero-order valence-electron chi connectivity index (χ0n) is 6.74. The molecule has 4 nitrogen and oxygen atoms in total. The number of hydrogen-bond acceptors (Lipinski definition) is 2. The van der Waals surface area contributed by atoms with Crippen LogP contribution in [-0.4, -0.2) is 20.8 Å². The van der Waals surface area contributed by atoms with Crippen molar-refractivity contribution in [2.45, 2.75) is 0 Å². The first kappa shape index (κ1) is 8.96. The lowest BCUT2D eigenvalue weighted by Gasteiger charge is -1.96. The molecule has 0 saturated heterocycles. The van der Waals surface area contributed by atoms with Crippen molar-refractivity contribution in [1.29, 1.82) is 0 Å². The lowest BCUT2D eigenvalue weighted by molar-refractivity contribution is 0.197. The Labute approximate surface area is 82.5 Å². The Bertz CT molecular complexity index is 523. The van der Waals surface area contributed by atoms with Crippen LogP contribution < -0.4 is 0 Å². The van der Waals surface area contributed by atoms with Gasteiger partial charge in [-0.15, -0.1) is 0 Å². The fourth-order valence-electron chi connectivity index (χ4n) is 1.20. The van der Waals surface area contributed by atoms with E-state index in [2.05, 4.69) is 4.98 Å². The van der Waals surface area contributed by atoms with E-state index in [4.69, 9.17) is 16.7 Å². The summed E-state index contributed by atoms with van der Waals surface area (Å²) in [6.07, 6.45) is -1.29. The second-order valence-electron chi connectivity index (χ2n) is 2.63.